The Kier molecular flexibility index (Phi) is 5.52. The van der Waals surface area contributed by atoms with Gasteiger partial charge >= 0.3 is 6.01 Å². The van der Waals surface area contributed by atoms with Crippen molar-refractivity contribution in [3.63, 3.8) is 0 Å². The largest absolute Gasteiger partial charge is 0.423 e. The van der Waals surface area contributed by atoms with Crippen molar-refractivity contribution in [1.29, 1.82) is 0 Å². The summed E-state index contributed by atoms with van der Waals surface area (Å²) < 4.78 is 6.01. The number of carbonyl (C=O) groups excluding carboxylic acids is 1. The Morgan fingerprint density at radius 1 is 0.862 bits per heavy atom. The summed E-state index contributed by atoms with van der Waals surface area (Å²) in [6.45, 7) is 2.00. The van der Waals surface area contributed by atoms with Crippen LogP contribution in [0.3, 0.4) is 0 Å². The molecule has 29 heavy (non-hydrogen) atoms. The monoisotopic (exact) mass is 382 g/mol. The van der Waals surface area contributed by atoms with E-state index in [4.69, 9.17) is 4.42 Å². The van der Waals surface area contributed by atoms with Crippen LogP contribution in [0.1, 0.15) is 24.8 Å². The Balaban J connectivity index is 1.68. The quantitative estimate of drug-likeness (QED) is 0.436. The van der Waals surface area contributed by atoms with Crippen LogP contribution in [0.2, 0.25) is 0 Å². The van der Waals surface area contributed by atoms with Crippen LogP contribution in [0.15, 0.2) is 95.4 Å². The van der Waals surface area contributed by atoms with Gasteiger partial charge in [0.15, 0.2) is 5.76 Å². The van der Waals surface area contributed by atoms with Gasteiger partial charge in [0.25, 0.3) is 0 Å². The van der Waals surface area contributed by atoms with E-state index in [2.05, 4.69) is 10.3 Å². The van der Waals surface area contributed by atoms with E-state index in [9.17, 15) is 4.79 Å². The average molecular weight is 382 g/mol. The summed E-state index contributed by atoms with van der Waals surface area (Å²) in [5, 5.41) is 2.88. The second kappa shape index (κ2) is 8.57. The number of hydrogen-bond donors (Lipinski definition) is 1. The van der Waals surface area contributed by atoms with Crippen molar-refractivity contribution >= 4 is 11.9 Å². The molecule has 1 amide bonds. The smallest absolute Gasteiger partial charge is 0.302 e. The van der Waals surface area contributed by atoms with Gasteiger partial charge in [0.05, 0.1) is 5.92 Å². The van der Waals surface area contributed by atoms with Gasteiger partial charge in [-0.1, -0.05) is 97.9 Å². The molecule has 1 aromatic heterocycles. The van der Waals surface area contributed by atoms with E-state index >= 15 is 0 Å². The number of oxazole rings is 1. The SMILES string of the molecule is CC[C@@H](C(=O)Nc1nc(-c2ccccc2)c(-c2ccccc2)o1)c1ccccc1. The Morgan fingerprint density at radius 3 is 2.00 bits per heavy atom. The minimum Gasteiger partial charge on any atom is -0.423 e. The number of amides is 1. The van der Waals surface area contributed by atoms with Gasteiger partial charge in [-0.05, 0) is 12.0 Å². The highest BCUT2D eigenvalue weighted by atomic mass is 16.4. The average Bonchev–Trinajstić information content (AvgIpc) is 3.20. The Hall–Kier alpha value is -3.66. The second-order valence-electron chi connectivity index (χ2n) is 6.79. The van der Waals surface area contributed by atoms with Crippen molar-refractivity contribution in [2.24, 2.45) is 0 Å². The molecule has 144 valence electrons. The number of hydrogen-bond acceptors (Lipinski definition) is 3. The molecule has 4 heteroatoms. The first kappa shape index (κ1) is 18.7. The molecule has 1 heterocycles. The standard InChI is InChI=1S/C25H22N2O2/c1-2-21(18-12-6-3-7-13-18)24(28)27-25-26-22(19-14-8-4-9-15-19)23(29-25)20-16-10-5-11-17-20/h3-17,21H,2H2,1H3,(H,26,27,28)/t21-/m1/s1. The molecule has 3 aromatic carbocycles. The number of rotatable bonds is 6. The molecule has 0 bridgehead atoms. The zero-order chi connectivity index (χ0) is 20.1. The summed E-state index contributed by atoms with van der Waals surface area (Å²) in [6, 6.07) is 29.6. The van der Waals surface area contributed by atoms with Crippen LogP contribution in [0, 0.1) is 0 Å². The van der Waals surface area contributed by atoms with E-state index < -0.39 is 0 Å². The fourth-order valence-corrected chi connectivity index (χ4v) is 3.40. The number of benzene rings is 3. The lowest BCUT2D eigenvalue weighted by molar-refractivity contribution is -0.117. The first-order chi connectivity index (χ1) is 14.3. The molecule has 4 rings (SSSR count). The summed E-state index contributed by atoms with van der Waals surface area (Å²) in [7, 11) is 0. The van der Waals surface area contributed by atoms with Crippen LogP contribution in [0.5, 0.6) is 0 Å². The van der Waals surface area contributed by atoms with Crippen molar-refractivity contribution in [2.45, 2.75) is 19.3 Å². The Morgan fingerprint density at radius 2 is 1.41 bits per heavy atom. The fourth-order valence-electron chi connectivity index (χ4n) is 3.40. The lowest BCUT2D eigenvalue weighted by Crippen LogP contribution is -2.20. The topological polar surface area (TPSA) is 55.1 Å². The van der Waals surface area contributed by atoms with Gasteiger partial charge in [-0.3, -0.25) is 10.1 Å². The van der Waals surface area contributed by atoms with Crippen molar-refractivity contribution in [2.75, 3.05) is 5.32 Å². The van der Waals surface area contributed by atoms with E-state index in [1.807, 2.05) is 97.9 Å². The minimum atomic E-state index is -0.261. The maximum atomic E-state index is 12.9. The summed E-state index contributed by atoms with van der Waals surface area (Å²) >= 11 is 0. The van der Waals surface area contributed by atoms with Crippen molar-refractivity contribution in [3.8, 4) is 22.6 Å². The molecule has 0 saturated heterocycles. The molecule has 4 aromatic rings. The molecule has 0 unspecified atom stereocenters. The van der Waals surface area contributed by atoms with Gasteiger partial charge in [0.2, 0.25) is 5.91 Å². The number of nitrogens with one attached hydrogen (secondary N) is 1. The van der Waals surface area contributed by atoms with Crippen LogP contribution in [0.25, 0.3) is 22.6 Å². The van der Waals surface area contributed by atoms with E-state index in [0.717, 1.165) is 16.7 Å². The van der Waals surface area contributed by atoms with Crippen molar-refractivity contribution < 1.29 is 9.21 Å². The van der Waals surface area contributed by atoms with Gasteiger partial charge in [-0.25, -0.2) is 0 Å². The predicted octanol–water partition coefficient (Wildman–Crippen LogP) is 6.14. The second-order valence-corrected chi connectivity index (χ2v) is 6.79. The molecule has 0 aliphatic carbocycles. The van der Waals surface area contributed by atoms with Gasteiger partial charge in [-0.15, -0.1) is 0 Å². The highest BCUT2D eigenvalue weighted by molar-refractivity contribution is 5.95. The minimum absolute atomic E-state index is 0.126. The predicted molar refractivity (Wildman–Crippen MR) is 115 cm³/mol. The molecule has 0 spiro atoms. The van der Waals surface area contributed by atoms with Crippen LogP contribution in [-0.2, 0) is 4.79 Å². The van der Waals surface area contributed by atoms with E-state index in [0.29, 0.717) is 17.9 Å². The fraction of sp³-hybridized carbons (Fsp3) is 0.120. The highest BCUT2D eigenvalue weighted by Gasteiger charge is 2.22. The molecule has 1 N–H and O–H groups in total. The molecule has 0 aliphatic heterocycles. The maximum Gasteiger partial charge on any atom is 0.302 e. The molecule has 0 fully saturated rings. The number of aromatic nitrogens is 1. The van der Waals surface area contributed by atoms with Crippen LogP contribution in [0.4, 0.5) is 6.01 Å². The number of nitrogens with zero attached hydrogens (tertiary/aromatic N) is 1. The van der Waals surface area contributed by atoms with Crippen LogP contribution < -0.4 is 5.32 Å². The number of anilines is 1. The van der Waals surface area contributed by atoms with Gasteiger partial charge in [0, 0.05) is 11.1 Å². The molecule has 4 nitrogen and oxygen atoms in total. The van der Waals surface area contributed by atoms with Gasteiger partial charge in [-0.2, -0.15) is 4.98 Å². The first-order valence-electron chi connectivity index (χ1n) is 9.73. The molecule has 1 atom stereocenters. The van der Waals surface area contributed by atoms with Gasteiger partial charge in [0.1, 0.15) is 5.69 Å². The van der Waals surface area contributed by atoms with Gasteiger partial charge < -0.3 is 4.42 Å². The summed E-state index contributed by atoms with van der Waals surface area (Å²) in [4.78, 5) is 17.5. The third kappa shape index (κ3) is 4.11. The maximum absolute atomic E-state index is 12.9. The molecule has 0 aliphatic rings. The van der Waals surface area contributed by atoms with E-state index in [-0.39, 0.29) is 17.8 Å². The number of carbonyl (C=O) groups is 1. The Labute approximate surface area is 170 Å². The van der Waals surface area contributed by atoms with Crippen LogP contribution >= 0.6 is 0 Å². The van der Waals surface area contributed by atoms with Crippen molar-refractivity contribution in [3.05, 3.63) is 96.6 Å². The molecular weight excluding hydrogens is 360 g/mol. The molecule has 0 saturated carbocycles. The first-order valence-corrected chi connectivity index (χ1v) is 9.73. The zero-order valence-corrected chi connectivity index (χ0v) is 16.2. The zero-order valence-electron chi connectivity index (χ0n) is 16.2. The summed E-state index contributed by atoms with van der Waals surface area (Å²) in [5.74, 6) is 0.252. The summed E-state index contributed by atoms with van der Waals surface area (Å²) in [6.07, 6.45) is 0.688. The third-order valence-corrected chi connectivity index (χ3v) is 4.87. The highest BCUT2D eigenvalue weighted by Crippen LogP contribution is 2.34. The normalized spacial score (nSPS) is 11.8. The van der Waals surface area contributed by atoms with E-state index in [1.54, 1.807) is 0 Å². The molecular formula is C25H22N2O2. The van der Waals surface area contributed by atoms with E-state index in [1.165, 1.54) is 0 Å². The van der Waals surface area contributed by atoms with Crippen LogP contribution in [-0.4, -0.2) is 10.9 Å². The van der Waals surface area contributed by atoms with Crippen molar-refractivity contribution in [1.82, 2.24) is 4.98 Å². The lowest BCUT2D eigenvalue weighted by Gasteiger charge is -2.13. The molecule has 0 radical (unpaired) electrons. The lowest BCUT2D eigenvalue weighted by atomic mass is 9.96. The summed E-state index contributed by atoms with van der Waals surface area (Å²) in [5.41, 5.74) is 3.53. The third-order valence-electron chi connectivity index (χ3n) is 4.87. The Bertz CT molecular complexity index is 1020.